The van der Waals surface area contributed by atoms with Crippen molar-refractivity contribution < 1.29 is 0 Å². The second-order valence-corrected chi connectivity index (χ2v) is 9.00. The number of aromatic amines is 1. The van der Waals surface area contributed by atoms with E-state index in [9.17, 15) is 0 Å². The zero-order valence-electron chi connectivity index (χ0n) is 16.8. The van der Waals surface area contributed by atoms with Gasteiger partial charge in [0.05, 0.1) is 30.7 Å². The van der Waals surface area contributed by atoms with Crippen molar-refractivity contribution in [2.45, 2.75) is 58.9 Å². The third kappa shape index (κ3) is 2.89. The first-order valence-electron chi connectivity index (χ1n) is 9.27. The minimum absolute atomic E-state index is 0.0283. The largest absolute Gasteiger partial charge is 0.262 e. The molecule has 0 aliphatic carbocycles. The van der Waals surface area contributed by atoms with E-state index in [1.807, 2.05) is 31.0 Å². The van der Waals surface area contributed by atoms with Crippen molar-refractivity contribution in [1.29, 1.82) is 0 Å². The first-order valence-corrected chi connectivity index (χ1v) is 9.27. The molecule has 0 saturated heterocycles. The molecule has 4 heterocycles. The average Bonchev–Trinajstić information content (AvgIpc) is 3.20. The number of aromatic nitrogens is 6. The SMILES string of the molecule is Cc1cnc2[nH]ncc2c1C(C)(C)Cn1ncc2c(C(C)(C)C)cncc21. The molecule has 0 radical (unpaired) electrons. The normalized spacial score (nSPS) is 13.0. The zero-order valence-corrected chi connectivity index (χ0v) is 16.8. The van der Waals surface area contributed by atoms with Gasteiger partial charge in [-0.15, -0.1) is 0 Å². The smallest absolute Gasteiger partial charge is 0.155 e. The lowest BCUT2D eigenvalue weighted by Gasteiger charge is -2.28. The molecule has 0 aliphatic heterocycles. The molecule has 0 amide bonds. The zero-order chi connectivity index (χ0) is 19.4. The number of fused-ring (bicyclic) bond motifs is 2. The van der Waals surface area contributed by atoms with Gasteiger partial charge in [-0.05, 0) is 29.0 Å². The minimum atomic E-state index is -0.147. The first kappa shape index (κ1) is 17.6. The molecule has 0 unspecified atom stereocenters. The molecule has 27 heavy (non-hydrogen) atoms. The Bertz CT molecular complexity index is 1130. The van der Waals surface area contributed by atoms with Crippen LogP contribution >= 0.6 is 0 Å². The summed E-state index contributed by atoms with van der Waals surface area (Å²) in [7, 11) is 0. The van der Waals surface area contributed by atoms with E-state index in [2.05, 4.69) is 66.4 Å². The number of H-pyrrole nitrogens is 1. The summed E-state index contributed by atoms with van der Waals surface area (Å²) in [6.07, 6.45) is 9.63. The molecule has 6 nitrogen and oxygen atoms in total. The number of rotatable bonds is 3. The van der Waals surface area contributed by atoms with Gasteiger partial charge >= 0.3 is 0 Å². The fraction of sp³-hybridized carbons (Fsp3) is 0.429. The van der Waals surface area contributed by atoms with E-state index in [0.717, 1.165) is 23.1 Å². The fourth-order valence-corrected chi connectivity index (χ4v) is 4.06. The van der Waals surface area contributed by atoms with Crippen molar-refractivity contribution in [2.24, 2.45) is 0 Å². The van der Waals surface area contributed by atoms with Crippen LogP contribution in [0.15, 0.2) is 31.0 Å². The lowest BCUT2D eigenvalue weighted by Crippen LogP contribution is -2.26. The molecule has 0 bridgehead atoms. The lowest BCUT2D eigenvalue weighted by atomic mass is 9.81. The summed E-state index contributed by atoms with van der Waals surface area (Å²) >= 11 is 0. The Kier molecular flexibility index (Phi) is 3.84. The van der Waals surface area contributed by atoms with Crippen molar-refractivity contribution in [3.05, 3.63) is 47.7 Å². The second-order valence-electron chi connectivity index (χ2n) is 9.00. The maximum atomic E-state index is 4.72. The number of hydrogen-bond donors (Lipinski definition) is 1. The Labute approximate surface area is 159 Å². The number of pyridine rings is 2. The van der Waals surface area contributed by atoms with E-state index in [4.69, 9.17) is 5.10 Å². The van der Waals surface area contributed by atoms with Crippen LogP contribution in [0.3, 0.4) is 0 Å². The molecule has 4 aromatic heterocycles. The van der Waals surface area contributed by atoms with E-state index >= 15 is 0 Å². The molecule has 0 fully saturated rings. The highest BCUT2D eigenvalue weighted by molar-refractivity contribution is 5.83. The van der Waals surface area contributed by atoms with Crippen molar-refractivity contribution in [1.82, 2.24) is 29.9 Å². The van der Waals surface area contributed by atoms with Crippen LogP contribution in [0.25, 0.3) is 21.9 Å². The summed E-state index contributed by atoms with van der Waals surface area (Å²) in [4.78, 5) is 8.94. The summed E-state index contributed by atoms with van der Waals surface area (Å²) in [5.41, 5.74) is 5.42. The topological polar surface area (TPSA) is 72.3 Å². The highest BCUT2D eigenvalue weighted by Crippen LogP contribution is 2.35. The summed E-state index contributed by atoms with van der Waals surface area (Å²) in [6, 6.07) is 0. The van der Waals surface area contributed by atoms with E-state index < -0.39 is 0 Å². The van der Waals surface area contributed by atoms with Gasteiger partial charge in [0.25, 0.3) is 0 Å². The van der Waals surface area contributed by atoms with E-state index in [0.29, 0.717) is 0 Å². The molecule has 4 aromatic rings. The van der Waals surface area contributed by atoms with E-state index in [1.54, 1.807) is 0 Å². The molecule has 1 N–H and O–H groups in total. The van der Waals surface area contributed by atoms with Gasteiger partial charge in [0.15, 0.2) is 5.65 Å². The molecule has 0 spiro atoms. The summed E-state index contributed by atoms with van der Waals surface area (Å²) in [5.74, 6) is 0. The van der Waals surface area contributed by atoms with Crippen LogP contribution in [0, 0.1) is 6.92 Å². The van der Waals surface area contributed by atoms with Gasteiger partial charge < -0.3 is 0 Å². The van der Waals surface area contributed by atoms with Crippen LogP contribution in [0.2, 0.25) is 0 Å². The molecule has 0 atom stereocenters. The summed E-state index contributed by atoms with van der Waals surface area (Å²) in [5, 5.41) is 14.1. The highest BCUT2D eigenvalue weighted by Gasteiger charge is 2.28. The number of aryl methyl sites for hydroxylation is 1. The summed E-state index contributed by atoms with van der Waals surface area (Å²) < 4.78 is 2.07. The number of nitrogens with one attached hydrogen (secondary N) is 1. The monoisotopic (exact) mass is 362 g/mol. The van der Waals surface area contributed by atoms with Crippen LogP contribution in [0.1, 0.15) is 51.3 Å². The van der Waals surface area contributed by atoms with Crippen molar-refractivity contribution in [3.8, 4) is 0 Å². The predicted octanol–water partition coefficient (Wildman–Crippen LogP) is 4.29. The first-order chi connectivity index (χ1) is 12.7. The Morgan fingerprint density at radius 2 is 1.74 bits per heavy atom. The second kappa shape index (κ2) is 5.87. The summed E-state index contributed by atoms with van der Waals surface area (Å²) in [6.45, 7) is 14.0. The van der Waals surface area contributed by atoms with Crippen molar-refractivity contribution in [2.75, 3.05) is 0 Å². The van der Waals surface area contributed by atoms with Crippen molar-refractivity contribution in [3.63, 3.8) is 0 Å². The van der Waals surface area contributed by atoms with Gasteiger partial charge in [-0.2, -0.15) is 10.2 Å². The Morgan fingerprint density at radius 1 is 0.963 bits per heavy atom. The predicted molar refractivity (Wildman–Crippen MR) is 108 cm³/mol. The van der Waals surface area contributed by atoms with E-state index in [-0.39, 0.29) is 10.8 Å². The van der Waals surface area contributed by atoms with E-state index in [1.165, 1.54) is 22.1 Å². The average molecular weight is 362 g/mol. The van der Waals surface area contributed by atoms with Gasteiger partial charge in [0.1, 0.15) is 0 Å². The highest BCUT2D eigenvalue weighted by atomic mass is 15.3. The minimum Gasteiger partial charge on any atom is -0.262 e. The van der Waals surface area contributed by atoms with Crippen LogP contribution in [0.4, 0.5) is 0 Å². The van der Waals surface area contributed by atoms with Gasteiger partial charge in [-0.3, -0.25) is 14.8 Å². The van der Waals surface area contributed by atoms with Gasteiger partial charge in [0, 0.05) is 28.6 Å². The quantitative estimate of drug-likeness (QED) is 0.590. The molecule has 0 aliphatic rings. The van der Waals surface area contributed by atoms with Gasteiger partial charge in [0.2, 0.25) is 0 Å². The maximum absolute atomic E-state index is 4.72. The molecule has 140 valence electrons. The van der Waals surface area contributed by atoms with Crippen molar-refractivity contribution >= 4 is 21.9 Å². The Balaban J connectivity index is 1.82. The Morgan fingerprint density at radius 3 is 2.48 bits per heavy atom. The molecular weight excluding hydrogens is 336 g/mol. The lowest BCUT2D eigenvalue weighted by molar-refractivity contribution is 0.417. The fourth-order valence-electron chi connectivity index (χ4n) is 4.06. The molecule has 4 rings (SSSR count). The van der Waals surface area contributed by atoms with Gasteiger partial charge in [-0.25, -0.2) is 4.98 Å². The Hall–Kier alpha value is -2.76. The third-order valence-electron chi connectivity index (χ3n) is 5.27. The van der Waals surface area contributed by atoms with Crippen LogP contribution in [0.5, 0.6) is 0 Å². The number of nitrogens with zero attached hydrogens (tertiary/aromatic N) is 5. The third-order valence-corrected chi connectivity index (χ3v) is 5.27. The molecule has 0 aromatic carbocycles. The molecule has 0 saturated carbocycles. The van der Waals surface area contributed by atoms with Crippen LogP contribution in [-0.4, -0.2) is 29.9 Å². The molecule has 6 heteroatoms. The number of hydrogen-bond acceptors (Lipinski definition) is 4. The molecular formula is C21H26N6. The van der Waals surface area contributed by atoms with Crippen LogP contribution in [-0.2, 0) is 17.4 Å². The maximum Gasteiger partial charge on any atom is 0.155 e. The van der Waals surface area contributed by atoms with Crippen LogP contribution < -0.4 is 0 Å². The standard InChI is InChI=1S/C21H26N6/c1-13-7-23-19-15(8-24-26-19)18(13)21(5,6)12-27-17-11-22-10-16(20(2,3)4)14(17)9-25-27/h7-11H,12H2,1-6H3,(H,23,24,26). The van der Waals surface area contributed by atoms with Gasteiger partial charge in [-0.1, -0.05) is 34.6 Å².